The van der Waals surface area contributed by atoms with Gasteiger partial charge in [0.1, 0.15) is 19.8 Å². The lowest BCUT2D eigenvalue weighted by Crippen LogP contribution is -2.37. The molecule has 2 atom stereocenters. The second kappa shape index (κ2) is 39.6. The predicted octanol–water partition coefficient (Wildman–Crippen LogP) is 12.2. The summed E-state index contributed by atoms with van der Waals surface area (Å²) < 4.78 is 33.8. The quantitative estimate of drug-likeness (QED) is 0.0198. The third-order valence-corrected chi connectivity index (χ3v) is 9.88. The molecule has 0 saturated heterocycles. The Kier molecular flexibility index (Phi) is 37.7. The van der Waals surface area contributed by atoms with Gasteiger partial charge in [-0.15, -0.1) is 0 Å². The molecule has 0 saturated carbocycles. The lowest BCUT2D eigenvalue weighted by atomic mass is 10.1. The van der Waals surface area contributed by atoms with E-state index in [1.807, 2.05) is 33.3 Å². The molecule has 0 bridgehead atoms. The van der Waals surface area contributed by atoms with E-state index < -0.39 is 32.5 Å². The van der Waals surface area contributed by atoms with Crippen molar-refractivity contribution in [2.45, 2.75) is 161 Å². The van der Waals surface area contributed by atoms with E-state index in [9.17, 15) is 19.0 Å². The Labute approximate surface area is 354 Å². The highest BCUT2D eigenvalue weighted by Crippen LogP contribution is 2.38. The molecule has 0 spiro atoms. The molecule has 58 heavy (non-hydrogen) atoms. The molecule has 0 fully saturated rings. The van der Waals surface area contributed by atoms with Crippen molar-refractivity contribution in [3.05, 3.63) is 85.1 Å². The van der Waals surface area contributed by atoms with Crippen molar-refractivity contribution in [2.75, 3.05) is 47.5 Å². The minimum atomic E-state index is -4.65. The molecule has 0 radical (unpaired) electrons. The monoisotopic (exact) mass is 832 g/mol. The molecule has 0 aromatic rings. The van der Waals surface area contributed by atoms with E-state index in [2.05, 4.69) is 86.8 Å². The number of rotatable bonds is 39. The zero-order valence-corrected chi connectivity index (χ0v) is 38.1. The van der Waals surface area contributed by atoms with Gasteiger partial charge in [-0.1, -0.05) is 157 Å². The van der Waals surface area contributed by atoms with Crippen molar-refractivity contribution in [1.82, 2.24) is 0 Å². The largest absolute Gasteiger partial charge is 0.756 e. The number of esters is 2. The molecule has 0 aliphatic carbocycles. The summed E-state index contributed by atoms with van der Waals surface area (Å²) in [5.41, 5.74) is 0. The lowest BCUT2D eigenvalue weighted by Gasteiger charge is -2.28. The Morgan fingerprint density at radius 1 is 0.552 bits per heavy atom. The zero-order valence-electron chi connectivity index (χ0n) is 37.2. The van der Waals surface area contributed by atoms with Gasteiger partial charge in [0.25, 0.3) is 7.82 Å². The summed E-state index contributed by atoms with van der Waals surface area (Å²) in [5.74, 6) is -0.942. The molecule has 0 amide bonds. The maximum absolute atomic E-state index is 12.7. The van der Waals surface area contributed by atoms with Crippen molar-refractivity contribution in [3.8, 4) is 0 Å². The van der Waals surface area contributed by atoms with Gasteiger partial charge in [0.2, 0.25) is 0 Å². The highest BCUT2D eigenvalue weighted by Gasteiger charge is 2.21. The fourth-order valence-corrected chi connectivity index (χ4v) is 6.15. The minimum absolute atomic E-state index is 0.0465. The summed E-state index contributed by atoms with van der Waals surface area (Å²) in [6.45, 7) is 3.98. The number of phosphoric acid groups is 1. The number of quaternary nitrogens is 1. The van der Waals surface area contributed by atoms with Crippen molar-refractivity contribution in [1.29, 1.82) is 0 Å². The topological polar surface area (TPSA) is 111 Å². The van der Waals surface area contributed by atoms with Gasteiger partial charge < -0.3 is 27.9 Å². The van der Waals surface area contributed by atoms with Gasteiger partial charge in [0.05, 0.1) is 27.7 Å². The first-order valence-corrected chi connectivity index (χ1v) is 23.8. The Morgan fingerprint density at radius 2 is 1.02 bits per heavy atom. The molecule has 0 aliphatic heterocycles. The molecule has 9 nitrogen and oxygen atoms in total. The third kappa shape index (κ3) is 42.8. The average Bonchev–Trinajstić information content (AvgIpc) is 3.17. The Morgan fingerprint density at radius 3 is 1.53 bits per heavy atom. The van der Waals surface area contributed by atoms with Crippen LogP contribution in [-0.4, -0.2) is 70.0 Å². The normalized spacial score (nSPS) is 14.4. The van der Waals surface area contributed by atoms with Crippen LogP contribution in [0.1, 0.15) is 155 Å². The fraction of sp³-hybridized carbons (Fsp3) is 0.667. The first-order chi connectivity index (χ1) is 28.0. The van der Waals surface area contributed by atoms with Crippen molar-refractivity contribution < 1.29 is 42.1 Å². The van der Waals surface area contributed by atoms with Crippen LogP contribution in [0.2, 0.25) is 0 Å². The van der Waals surface area contributed by atoms with Crippen LogP contribution in [0.5, 0.6) is 0 Å². The molecule has 0 heterocycles. The van der Waals surface area contributed by atoms with Gasteiger partial charge in [-0.25, -0.2) is 0 Å². The van der Waals surface area contributed by atoms with E-state index in [4.69, 9.17) is 18.5 Å². The smallest absolute Gasteiger partial charge is 0.306 e. The van der Waals surface area contributed by atoms with Gasteiger partial charge in [-0.3, -0.25) is 14.2 Å². The number of phosphoric ester groups is 1. The first kappa shape index (κ1) is 55.2. The highest BCUT2D eigenvalue weighted by atomic mass is 31.2. The molecule has 10 heteroatoms. The van der Waals surface area contributed by atoms with E-state index >= 15 is 0 Å². The maximum Gasteiger partial charge on any atom is 0.306 e. The molecule has 0 rings (SSSR count). The number of hydrogen-bond donors (Lipinski definition) is 0. The molecule has 0 N–H and O–H groups in total. The number of carbonyl (C=O) groups is 2. The van der Waals surface area contributed by atoms with Crippen LogP contribution in [0.4, 0.5) is 0 Å². The van der Waals surface area contributed by atoms with Crippen LogP contribution in [0.15, 0.2) is 85.1 Å². The third-order valence-electron chi connectivity index (χ3n) is 8.91. The number of carbonyl (C=O) groups excluding carboxylic acids is 2. The Hall–Kier alpha value is -2.81. The van der Waals surface area contributed by atoms with Gasteiger partial charge in [-0.2, -0.15) is 0 Å². The maximum atomic E-state index is 12.7. The molecule has 332 valence electrons. The summed E-state index contributed by atoms with van der Waals surface area (Å²) in [5, 5.41) is 0. The van der Waals surface area contributed by atoms with Crippen LogP contribution in [-0.2, 0) is 32.7 Å². The van der Waals surface area contributed by atoms with E-state index in [1.165, 1.54) is 57.8 Å². The second-order valence-electron chi connectivity index (χ2n) is 15.7. The molecule has 0 aliphatic rings. The van der Waals surface area contributed by atoms with E-state index in [1.54, 1.807) is 0 Å². The molecular weight excluding hydrogens is 750 g/mol. The summed E-state index contributed by atoms with van der Waals surface area (Å²) in [7, 11) is 1.11. The summed E-state index contributed by atoms with van der Waals surface area (Å²) >= 11 is 0. The minimum Gasteiger partial charge on any atom is -0.756 e. The fourth-order valence-electron chi connectivity index (χ4n) is 5.42. The number of unbranched alkanes of at least 4 members (excludes halogenated alkanes) is 11. The first-order valence-electron chi connectivity index (χ1n) is 22.3. The lowest BCUT2D eigenvalue weighted by molar-refractivity contribution is -0.870. The van der Waals surface area contributed by atoms with Crippen LogP contribution in [0.25, 0.3) is 0 Å². The standard InChI is InChI=1S/C48H82NO8P/c1-6-8-10-12-14-16-18-20-22-23-24-25-27-28-30-32-34-36-38-40-47(50)54-44-46(45-56-58(52,53)55-43-42-49(3,4)5)57-48(51)41-39-37-35-33-31-29-26-21-19-17-15-13-11-9-7-2/h8,10,13-16,20,22,24-25,28,30,34,36,46H,6-7,9,11-12,17-19,21,23,26-27,29,31-33,35,37-45H2,1-5H3/b10-8+,15-13+,16-14+,22-20+,25-24+,30-28+,36-34+/t46-/m1/s1. The number of ether oxygens (including phenoxy) is 2. The second-order valence-corrected chi connectivity index (χ2v) is 17.1. The number of hydrogen-bond acceptors (Lipinski definition) is 8. The highest BCUT2D eigenvalue weighted by molar-refractivity contribution is 7.45. The van der Waals surface area contributed by atoms with Crippen LogP contribution >= 0.6 is 7.82 Å². The molecule has 1 unspecified atom stereocenters. The number of likely N-dealkylation sites (N-methyl/N-ethyl adjacent to an activating group) is 1. The van der Waals surface area contributed by atoms with Crippen molar-refractivity contribution in [2.24, 2.45) is 0 Å². The molecule has 0 aromatic carbocycles. The summed E-state index contributed by atoms with van der Waals surface area (Å²) in [6, 6.07) is 0. The number of nitrogens with zero attached hydrogens (tertiary/aromatic N) is 1. The molecule has 0 aromatic heterocycles. The zero-order chi connectivity index (χ0) is 42.8. The van der Waals surface area contributed by atoms with E-state index in [0.29, 0.717) is 23.9 Å². The number of allylic oxidation sites excluding steroid dienone is 14. The molecular formula is C48H82NO8P. The van der Waals surface area contributed by atoms with Crippen LogP contribution in [0.3, 0.4) is 0 Å². The van der Waals surface area contributed by atoms with Gasteiger partial charge in [0.15, 0.2) is 6.10 Å². The summed E-state index contributed by atoms with van der Waals surface area (Å²) in [6.07, 6.45) is 50.5. The SMILES string of the molecule is CC/C=C/C/C=C/C/C=C/C/C=C/C/C=C/C/C=C/CCC(=O)OC[C@H](COP(=O)([O-])OCC[N+](C)(C)C)OC(=O)CCCCCCCCCCC/C=C/CCCC. The average molecular weight is 832 g/mol. The van der Waals surface area contributed by atoms with Gasteiger partial charge >= 0.3 is 11.9 Å². The predicted molar refractivity (Wildman–Crippen MR) is 240 cm³/mol. The van der Waals surface area contributed by atoms with Crippen LogP contribution < -0.4 is 4.89 Å². The van der Waals surface area contributed by atoms with Crippen molar-refractivity contribution >= 4 is 19.8 Å². The Bertz CT molecular complexity index is 1260. The van der Waals surface area contributed by atoms with E-state index in [-0.39, 0.29) is 26.1 Å². The van der Waals surface area contributed by atoms with E-state index in [0.717, 1.165) is 57.8 Å². The Balaban J connectivity index is 4.48. The van der Waals surface area contributed by atoms with Crippen molar-refractivity contribution in [3.63, 3.8) is 0 Å². The van der Waals surface area contributed by atoms with Gasteiger partial charge in [-0.05, 0) is 70.6 Å². The van der Waals surface area contributed by atoms with Gasteiger partial charge in [0, 0.05) is 12.8 Å². The van der Waals surface area contributed by atoms with Crippen LogP contribution in [0, 0.1) is 0 Å². The summed E-state index contributed by atoms with van der Waals surface area (Å²) in [4.78, 5) is 37.5.